The maximum absolute atomic E-state index is 13.0. The largest absolute Gasteiger partial charge is 0.472 e. The first kappa shape index (κ1) is 55.5. The van der Waals surface area contributed by atoms with Crippen LogP contribution in [0.15, 0.2) is 36.5 Å². The standard InChI is InChI=1S/C45H84NO12P/c1-3-5-7-9-11-13-15-16-17-18-19-20-21-23-25-27-29-31-33-38(48)37(35-57-59(55,56)58-45-43(53)41(51)40(50)42(52)44(45)54)46-39(49)34-36(47)32-30-28-26-24-22-14-12-10-8-6-4-2/h18-19,23,25,31,33,36-38,40-45,47-48,50-54H,3-17,20-22,24,26-30,32,34-35H2,1-2H3,(H,46,49)(H,55,56)/b19-18+,25-23+,33-31+. The summed E-state index contributed by atoms with van der Waals surface area (Å²) in [7, 11) is -5.15. The SMILES string of the molecule is CCCCCCCCCC/C=C/CC/C=C/CC/C=C/C(O)C(COP(=O)(O)OC1C(O)C(O)C(O)C(O)C1O)NC(=O)CC(O)CCCCCCCCCCCCC. The van der Waals surface area contributed by atoms with Gasteiger partial charge in [0.15, 0.2) is 0 Å². The van der Waals surface area contributed by atoms with Crippen molar-refractivity contribution < 1.29 is 59.0 Å². The Labute approximate surface area is 356 Å². The van der Waals surface area contributed by atoms with Crippen LogP contribution in [0.2, 0.25) is 0 Å². The second kappa shape index (κ2) is 35.0. The van der Waals surface area contributed by atoms with Crippen molar-refractivity contribution >= 4 is 13.7 Å². The maximum Gasteiger partial charge on any atom is 0.472 e. The number of phosphoric acid groups is 1. The average Bonchev–Trinajstić information content (AvgIpc) is 3.21. The lowest BCUT2D eigenvalue weighted by Crippen LogP contribution is -2.64. The molecule has 14 heteroatoms. The molecule has 8 atom stereocenters. The van der Waals surface area contributed by atoms with Gasteiger partial charge in [0, 0.05) is 0 Å². The zero-order chi connectivity index (χ0) is 43.7. The van der Waals surface area contributed by atoms with E-state index in [9.17, 15) is 50.0 Å². The minimum atomic E-state index is -5.15. The quantitative estimate of drug-likeness (QED) is 0.0170. The summed E-state index contributed by atoms with van der Waals surface area (Å²) in [6.07, 6.45) is 25.3. The summed E-state index contributed by atoms with van der Waals surface area (Å²) in [4.78, 5) is 23.4. The molecule has 0 aromatic carbocycles. The number of aliphatic hydroxyl groups excluding tert-OH is 7. The lowest BCUT2D eigenvalue weighted by atomic mass is 9.85. The summed E-state index contributed by atoms with van der Waals surface area (Å²) in [6.45, 7) is 3.70. The summed E-state index contributed by atoms with van der Waals surface area (Å²) >= 11 is 0. The van der Waals surface area contributed by atoms with Crippen LogP contribution in [0.4, 0.5) is 0 Å². The third kappa shape index (κ3) is 27.2. The van der Waals surface area contributed by atoms with Gasteiger partial charge in [-0.3, -0.25) is 13.8 Å². The van der Waals surface area contributed by atoms with E-state index in [1.54, 1.807) is 6.08 Å². The second-order valence-electron chi connectivity index (χ2n) is 16.4. The Bertz CT molecular complexity index is 1160. The van der Waals surface area contributed by atoms with E-state index >= 15 is 0 Å². The molecule has 0 saturated heterocycles. The number of unbranched alkanes of at least 4 members (excludes halogenated alkanes) is 20. The van der Waals surface area contributed by atoms with E-state index in [0.29, 0.717) is 19.3 Å². The smallest absolute Gasteiger partial charge is 0.393 e. The monoisotopic (exact) mass is 862 g/mol. The van der Waals surface area contributed by atoms with Crippen LogP contribution in [0, 0.1) is 0 Å². The molecule has 0 radical (unpaired) electrons. The van der Waals surface area contributed by atoms with Crippen LogP contribution in [0.1, 0.15) is 181 Å². The molecule has 346 valence electrons. The fourth-order valence-electron chi connectivity index (χ4n) is 7.15. The topological polar surface area (TPSA) is 226 Å². The van der Waals surface area contributed by atoms with Crippen molar-refractivity contribution in [1.82, 2.24) is 5.32 Å². The number of phosphoric ester groups is 1. The number of hydrogen-bond acceptors (Lipinski definition) is 11. The highest BCUT2D eigenvalue weighted by atomic mass is 31.2. The number of carbonyl (C=O) groups is 1. The number of allylic oxidation sites excluding steroid dienone is 5. The van der Waals surface area contributed by atoms with Gasteiger partial charge in [-0.1, -0.05) is 166 Å². The third-order valence-electron chi connectivity index (χ3n) is 11.0. The Morgan fingerprint density at radius 3 is 1.49 bits per heavy atom. The van der Waals surface area contributed by atoms with Gasteiger partial charge in [-0.05, 0) is 44.9 Å². The fourth-order valence-corrected chi connectivity index (χ4v) is 8.12. The van der Waals surface area contributed by atoms with Crippen molar-refractivity contribution in [3.63, 3.8) is 0 Å². The van der Waals surface area contributed by atoms with Crippen molar-refractivity contribution in [3.8, 4) is 0 Å². The predicted octanol–water partition coefficient (Wildman–Crippen LogP) is 7.36. The number of nitrogens with one attached hydrogen (secondary N) is 1. The van der Waals surface area contributed by atoms with Crippen LogP contribution in [-0.4, -0.2) is 108 Å². The molecule has 8 unspecified atom stereocenters. The summed E-state index contributed by atoms with van der Waals surface area (Å²) in [5, 5.41) is 74.3. The first-order chi connectivity index (χ1) is 28.3. The normalized spacial score (nSPS) is 23.9. The van der Waals surface area contributed by atoms with Crippen molar-refractivity contribution in [2.45, 2.75) is 236 Å². The van der Waals surface area contributed by atoms with E-state index in [4.69, 9.17) is 9.05 Å². The van der Waals surface area contributed by atoms with E-state index in [0.717, 1.165) is 44.9 Å². The lowest BCUT2D eigenvalue weighted by Gasteiger charge is -2.41. The number of hydrogen-bond donors (Lipinski definition) is 9. The zero-order valence-electron chi connectivity index (χ0n) is 36.4. The molecule has 59 heavy (non-hydrogen) atoms. The molecule has 1 aliphatic carbocycles. The van der Waals surface area contributed by atoms with Gasteiger partial charge in [-0.15, -0.1) is 0 Å². The molecule has 1 fully saturated rings. The van der Waals surface area contributed by atoms with Gasteiger partial charge in [-0.2, -0.15) is 0 Å². The molecule has 0 bridgehead atoms. The Balaban J connectivity index is 2.61. The van der Waals surface area contributed by atoms with Gasteiger partial charge in [-0.25, -0.2) is 4.57 Å². The van der Waals surface area contributed by atoms with E-state index < -0.39 is 75.2 Å². The van der Waals surface area contributed by atoms with Gasteiger partial charge in [0.1, 0.15) is 36.6 Å². The molecule has 9 N–H and O–H groups in total. The molecule has 1 amide bonds. The highest BCUT2D eigenvalue weighted by Gasteiger charge is 2.51. The molecular weight excluding hydrogens is 777 g/mol. The van der Waals surface area contributed by atoms with Crippen LogP contribution in [0.25, 0.3) is 0 Å². The first-order valence-electron chi connectivity index (χ1n) is 23.0. The minimum absolute atomic E-state index is 0.254. The molecule has 1 rings (SSSR count). The Kier molecular flexibility index (Phi) is 33.0. The van der Waals surface area contributed by atoms with Crippen molar-refractivity contribution in [1.29, 1.82) is 0 Å². The molecule has 0 aliphatic heterocycles. The third-order valence-corrected chi connectivity index (χ3v) is 11.9. The van der Waals surface area contributed by atoms with E-state index in [2.05, 4.69) is 43.5 Å². The molecular formula is C45H84NO12P. The summed E-state index contributed by atoms with van der Waals surface area (Å²) in [5.74, 6) is -0.608. The predicted molar refractivity (Wildman–Crippen MR) is 233 cm³/mol. The molecule has 0 aromatic rings. The number of aliphatic hydroxyl groups is 7. The van der Waals surface area contributed by atoms with Crippen LogP contribution in [0.3, 0.4) is 0 Å². The van der Waals surface area contributed by atoms with Crippen LogP contribution < -0.4 is 5.32 Å². The van der Waals surface area contributed by atoms with Crippen LogP contribution in [0.5, 0.6) is 0 Å². The van der Waals surface area contributed by atoms with E-state index in [-0.39, 0.29) is 6.42 Å². The molecule has 0 spiro atoms. The van der Waals surface area contributed by atoms with Gasteiger partial charge < -0.3 is 46.0 Å². The maximum atomic E-state index is 13.0. The average molecular weight is 862 g/mol. The van der Waals surface area contributed by atoms with E-state index in [1.165, 1.54) is 102 Å². The minimum Gasteiger partial charge on any atom is -0.393 e. The van der Waals surface area contributed by atoms with Crippen molar-refractivity contribution in [2.75, 3.05) is 6.61 Å². The number of rotatable bonds is 37. The summed E-state index contributed by atoms with van der Waals surface area (Å²) in [6, 6.07) is -1.26. The number of carbonyl (C=O) groups excluding carboxylic acids is 1. The Morgan fingerprint density at radius 2 is 1.00 bits per heavy atom. The van der Waals surface area contributed by atoms with Gasteiger partial charge in [0.2, 0.25) is 5.91 Å². The number of amides is 1. The molecule has 1 saturated carbocycles. The molecule has 0 heterocycles. The summed E-state index contributed by atoms with van der Waals surface area (Å²) < 4.78 is 22.8. The van der Waals surface area contributed by atoms with Crippen molar-refractivity contribution in [2.24, 2.45) is 0 Å². The Morgan fingerprint density at radius 1 is 0.593 bits per heavy atom. The molecule has 1 aliphatic rings. The highest BCUT2D eigenvalue weighted by Crippen LogP contribution is 2.47. The van der Waals surface area contributed by atoms with E-state index in [1.807, 2.05) is 0 Å². The fraction of sp³-hybridized carbons (Fsp3) is 0.844. The van der Waals surface area contributed by atoms with Gasteiger partial charge in [0.25, 0.3) is 0 Å². The summed E-state index contributed by atoms with van der Waals surface area (Å²) in [5.41, 5.74) is 0. The van der Waals surface area contributed by atoms with Crippen LogP contribution >= 0.6 is 7.82 Å². The first-order valence-corrected chi connectivity index (χ1v) is 24.5. The van der Waals surface area contributed by atoms with Gasteiger partial charge in [0.05, 0.1) is 31.3 Å². The molecule has 13 nitrogen and oxygen atoms in total. The highest BCUT2D eigenvalue weighted by molar-refractivity contribution is 7.47. The second-order valence-corrected chi connectivity index (χ2v) is 17.8. The Hall–Kier alpha value is -1.48. The zero-order valence-corrected chi connectivity index (χ0v) is 37.3. The molecule has 0 aromatic heterocycles. The van der Waals surface area contributed by atoms with Crippen LogP contribution in [-0.2, 0) is 18.4 Å². The lowest BCUT2D eigenvalue weighted by molar-refractivity contribution is -0.220. The van der Waals surface area contributed by atoms with Gasteiger partial charge >= 0.3 is 7.82 Å². The van der Waals surface area contributed by atoms with Crippen molar-refractivity contribution in [3.05, 3.63) is 36.5 Å².